The van der Waals surface area contributed by atoms with E-state index in [0.29, 0.717) is 29.5 Å². The van der Waals surface area contributed by atoms with Gasteiger partial charge in [-0.15, -0.1) is 0 Å². The average Bonchev–Trinajstić information content (AvgIpc) is 2.67. The molecule has 0 saturated carbocycles. The van der Waals surface area contributed by atoms with Crippen molar-refractivity contribution in [3.63, 3.8) is 0 Å². The maximum absolute atomic E-state index is 12.6. The molecule has 3 rings (SSSR count). The van der Waals surface area contributed by atoms with Gasteiger partial charge in [-0.1, -0.05) is 37.3 Å². The Balaban J connectivity index is 1.87. The number of amides is 1. The zero-order valence-corrected chi connectivity index (χ0v) is 16.0. The van der Waals surface area contributed by atoms with Crippen LogP contribution in [-0.2, 0) is 11.3 Å². The van der Waals surface area contributed by atoms with E-state index in [1.165, 1.54) is 0 Å². The number of thiocarbonyl (C=S) groups is 1. The molecule has 0 saturated heterocycles. The third kappa shape index (κ3) is 4.62. The summed E-state index contributed by atoms with van der Waals surface area (Å²) >= 11 is 5.56. The van der Waals surface area contributed by atoms with E-state index in [1.54, 1.807) is 6.20 Å². The summed E-state index contributed by atoms with van der Waals surface area (Å²) in [6.07, 6.45) is 2.56. The molecule has 1 aromatic carbocycles. The Morgan fingerprint density at radius 2 is 2.11 bits per heavy atom. The van der Waals surface area contributed by atoms with Gasteiger partial charge in [0.15, 0.2) is 0 Å². The SMILES string of the molecule is CCC1CNC(=O)C(C(=S)Nc2ccccc2)=C1NCc1ccnc(N)c1. The van der Waals surface area contributed by atoms with Gasteiger partial charge in [0.1, 0.15) is 10.8 Å². The Morgan fingerprint density at radius 1 is 1.33 bits per heavy atom. The van der Waals surface area contributed by atoms with Crippen LogP contribution >= 0.6 is 12.2 Å². The minimum absolute atomic E-state index is 0.162. The molecule has 2 aromatic rings. The van der Waals surface area contributed by atoms with E-state index in [4.69, 9.17) is 18.0 Å². The normalized spacial score (nSPS) is 16.6. The Labute approximate surface area is 164 Å². The molecule has 27 heavy (non-hydrogen) atoms. The van der Waals surface area contributed by atoms with Gasteiger partial charge in [0, 0.05) is 36.6 Å². The monoisotopic (exact) mass is 381 g/mol. The van der Waals surface area contributed by atoms with E-state index >= 15 is 0 Å². The molecule has 5 N–H and O–H groups in total. The van der Waals surface area contributed by atoms with Crippen molar-refractivity contribution in [3.05, 3.63) is 65.5 Å². The van der Waals surface area contributed by atoms with Crippen LogP contribution in [0.25, 0.3) is 0 Å². The van der Waals surface area contributed by atoms with Crippen molar-refractivity contribution >= 4 is 34.6 Å². The number of anilines is 2. The number of nitrogen functional groups attached to an aromatic ring is 1. The van der Waals surface area contributed by atoms with Gasteiger partial charge in [0.25, 0.3) is 5.91 Å². The number of carbonyl (C=O) groups is 1. The summed E-state index contributed by atoms with van der Waals surface area (Å²) in [7, 11) is 0. The highest BCUT2D eigenvalue weighted by atomic mass is 32.1. The van der Waals surface area contributed by atoms with Crippen molar-refractivity contribution in [2.45, 2.75) is 19.9 Å². The van der Waals surface area contributed by atoms with Gasteiger partial charge in [0.05, 0.1) is 5.57 Å². The molecule has 0 radical (unpaired) electrons. The number of carbonyl (C=O) groups excluding carboxylic acids is 1. The van der Waals surface area contributed by atoms with E-state index in [9.17, 15) is 4.79 Å². The maximum Gasteiger partial charge on any atom is 0.256 e. The fraction of sp³-hybridized carbons (Fsp3) is 0.250. The molecule has 1 aromatic heterocycles. The first-order chi connectivity index (χ1) is 13.1. The predicted molar refractivity (Wildman–Crippen MR) is 112 cm³/mol. The first-order valence-corrected chi connectivity index (χ1v) is 9.32. The predicted octanol–water partition coefficient (Wildman–Crippen LogP) is 2.60. The van der Waals surface area contributed by atoms with Crippen molar-refractivity contribution < 1.29 is 4.79 Å². The first-order valence-electron chi connectivity index (χ1n) is 8.91. The number of para-hydroxylation sites is 1. The van der Waals surface area contributed by atoms with Crippen LogP contribution in [0.5, 0.6) is 0 Å². The molecule has 1 aliphatic heterocycles. The molecule has 0 bridgehead atoms. The van der Waals surface area contributed by atoms with Crippen LogP contribution in [0.2, 0.25) is 0 Å². The number of aromatic nitrogens is 1. The number of nitrogens with two attached hydrogens (primary N) is 1. The van der Waals surface area contributed by atoms with Crippen molar-refractivity contribution in [1.82, 2.24) is 15.6 Å². The molecule has 1 atom stereocenters. The molecular weight excluding hydrogens is 358 g/mol. The molecule has 2 heterocycles. The number of rotatable bonds is 6. The molecule has 7 heteroatoms. The van der Waals surface area contributed by atoms with E-state index < -0.39 is 0 Å². The third-order valence-electron chi connectivity index (χ3n) is 4.49. The second-order valence-corrected chi connectivity index (χ2v) is 6.77. The average molecular weight is 382 g/mol. The Morgan fingerprint density at radius 3 is 2.81 bits per heavy atom. The summed E-state index contributed by atoms with van der Waals surface area (Å²) < 4.78 is 0. The number of benzene rings is 1. The molecule has 6 nitrogen and oxygen atoms in total. The molecule has 1 unspecified atom stereocenters. The molecule has 140 valence electrons. The lowest BCUT2D eigenvalue weighted by atomic mass is 9.93. The van der Waals surface area contributed by atoms with Crippen LogP contribution in [0.1, 0.15) is 18.9 Å². The molecule has 0 aliphatic carbocycles. The zero-order valence-electron chi connectivity index (χ0n) is 15.2. The van der Waals surface area contributed by atoms with Gasteiger partial charge in [0.2, 0.25) is 0 Å². The highest BCUT2D eigenvalue weighted by Gasteiger charge is 2.29. The lowest BCUT2D eigenvalue weighted by Crippen LogP contribution is -2.44. The molecule has 0 spiro atoms. The number of hydrogen-bond donors (Lipinski definition) is 4. The fourth-order valence-electron chi connectivity index (χ4n) is 3.06. The minimum atomic E-state index is -0.162. The molecule has 1 amide bonds. The summed E-state index contributed by atoms with van der Waals surface area (Å²) in [5, 5.41) is 9.53. The van der Waals surface area contributed by atoms with Crippen LogP contribution in [0.3, 0.4) is 0 Å². The van der Waals surface area contributed by atoms with Gasteiger partial charge in [-0.3, -0.25) is 4.79 Å². The second kappa shape index (κ2) is 8.64. The van der Waals surface area contributed by atoms with Crippen LogP contribution in [0.15, 0.2) is 59.9 Å². The van der Waals surface area contributed by atoms with Crippen LogP contribution in [0, 0.1) is 5.92 Å². The number of nitrogens with one attached hydrogen (secondary N) is 3. The lowest BCUT2D eigenvalue weighted by molar-refractivity contribution is -0.117. The first kappa shape index (κ1) is 18.8. The largest absolute Gasteiger partial charge is 0.384 e. The van der Waals surface area contributed by atoms with E-state index in [0.717, 1.165) is 23.4 Å². The Hall–Kier alpha value is -2.93. The number of hydrogen-bond acceptors (Lipinski definition) is 5. The van der Waals surface area contributed by atoms with Crippen LogP contribution < -0.4 is 21.7 Å². The summed E-state index contributed by atoms with van der Waals surface area (Å²) in [5.74, 6) is 0.482. The highest BCUT2D eigenvalue weighted by molar-refractivity contribution is 7.81. The zero-order chi connectivity index (χ0) is 19.2. The summed E-state index contributed by atoms with van der Waals surface area (Å²) in [5.41, 5.74) is 8.97. The quantitative estimate of drug-likeness (QED) is 0.575. The van der Waals surface area contributed by atoms with Crippen molar-refractivity contribution in [3.8, 4) is 0 Å². The highest BCUT2D eigenvalue weighted by Crippen LogP contribution is 2.23. The van der Waals surface area contributed by atoms with Crippen molar-refractivity contribution in [1.29, 1.82) is 0 Å². The van der Waals surface area contributed by atoms with E-state index in [-0.39, 0.29) is 11.8 Å². The Kier molecular flexibility index (Phi) is 6.03. The standard InChI is InChI=1S/C20H23N5OS/c1-2-14-12-24-19(26)17(20(27)25-15-6-4-3-5-7-15)18(14)23-11-13-8-9-22-16(21)10-13/h3-10,14,23H,2,11-12H2,1H3,(H2,21,22)(H,24,26)(H,25,27). The van der Waals surface area contributed by atoms with Gasteiger partial charge < -0.3 is 21.7 Å². The van der Waals surface area contributed by atoms with E-state index in [1.807, 2.05) is 42.5 Å². The van der Waals surface area contributed by atoms with Crippen LogP contribution in [0.4, 0.5) is 11.5 Å². The summed E-state index contributed by atoms with van der Waals surface area (Å²) in [6, 6.07) is 13.3. The maximum atomic E-state index is 12.6. The van der Waals surface area contributed by atoms with Crippen molar-refractivity contribution in [2.24, 2.45) is 5.92 Å². The second-order valence-electron chi connectivity index (χ2n) is 6.37. The molecular formula is C20H23N5OS. The minimum Gasteiger partial charge on any atom is -0.384 e. The van der Waals surface area contributed by atoms with Crippen LogP contribution in [-0.4, -0.2) is 22.4 Å². The summed E-state index contributed by atoms with van der Waals surface area (Å²) in [4.78, 5) is 17.0. The third-order valence-corrected chi connectivity index (χ3v) is 4.80. The molecule has 1 aliphatic rings. The van der Waals surface area contributed by atoms with E-state index in [2.05, 4.69) is 27.9 Å². The summed E-state index contributed by atoms with van der Waals surface area (Å²) in [6.45, 7) is 3.23. The van der Waals surface area contributed by atoms with Gasteiger partial charge in [-0.25, -0.2) is 4.98 Å². The van der Waals surface area contributed by atoms with Gasteiger partial charge in [-0.05, 0) is 36.2 Å². The van der Waals surface area contributed by atoms with Gasteiger partial charge in [-0.2, -0.15) is 0 Å². The number of pyridine rings is 1. The van der Waals surface area contributed by atoms with Crippen molar-refractivity contribution in [2.75, 3.05) is 17.6 Å². The fourth-order valence-corrected chi connectivity index (χ4v) is 3.38. The topological polar surface area (TPSA) is 92.1 Å². The smallest absolute Gasteiger partial charge is 0.256 e. The lowest BCUT2D eigenvalue weighted by Gasteiger charge is -2.29. The Bertz CT molecular complexity index is 866. The number of nitrogens with zero attached hydrogens (tertiary/aromatic N) is 1. The molecule has 0 fully saturated rings. The van der Waals surface area contributed by atoms with Gasteiger partial charge >= 0.3 is 0 Å².